The lowest BCUT2D eigenvalue weighted by Crippen LogP contribution is -2.43. The monoisotopic (exact) mass is 317 g/mol. The maximum absolute atomic E-state index is 12.8. The molecule has 1 aromatic rings. The van der Waals surface area contributed by atoms with Gasteiger partial charge < -0.3 is 4.74 Å². The molecular weight excluding hydrogens is 290 g/mol. The highest BCUT2D eigenvalue weighted by atomic mass is 16.6. The third-order valence-electron chi connectivity index (χ3n) is 4.51. The van der Waals surface area contributed by atoms with Crippen molar-refractivity contribution in [3.63, 3.8) is 0 Å². The van der Waals surface area contributed by atoms with Crippen molar-refractivity contribution in [1.82, 2.24) is 4.90 Å². The van der Waals surface area contributed by atoms with E-state index in [0.29, 0.717) is 13.0 Å². The van der Waals surface area contributed by atoms with Crippen LogP contribution in [0.4, 0.5) is 4.79 Å². The highest BCUT2D eigenvalue weighted by Gasteiger charge is 2.40. The van der Waals surface area contributed by atoms with Gasteiger partial charge in [-0.3, -0.25) is 4.79 Å². The van der Waals surface area contributed by atoms with Gasteiger partial charge in [-0.05, 0) is 24.8 Å². The number of hydrogen-bond donors (Lipinski definition) is 0. The van der Waals surface area contributed by atoms with Crippen LogP contribution in [0, 0.1) is 5.92 Å². The van der Waals surface area contributed by atoms with E-state index < -0.39 is 6.09 Å². The zero-order valence-electron chi connectivity index (χ0n) is 14.2. The van der Waals surface area contributed by atoms with E-state index in [1.54, 1.807) is 0 Å². The van der Waals surface area contributed by atoms with Crippen LogP contribution in [0.3, 0.4) is 0 Å². The minimum absolute atomic E-state index is 0.0629. The molecule has 4 heteroatoms. The average Bonchev–Trinajstić information content (AvgIpc) is 2.92. The number of cyclic esters (lactones) is 1. The molecule has 1 aliphatic rings. The van der Waals surface area contributed by atoms with Crippen LogP contribution in [0.2, 0.25) is 0 Å². The molecule has 0 spiro atoms. The number of hydrogen-bond acceptors (Lipinski definition) is 3. The molecule has 1 aliphatic heterocycles. The number of ether oxygens (including phenoxy) is 1. The number of amides is 2. The van der Waals surface area contributed by atoms with Crippen LogP contribution in [-0.2, 0) is 16.0 Å². The molecular formula is C19H27NO3. The molecule has 23 heavy (non-hydrogen) atoms. The van der Waals surface area contributed by atoms with Crippen molar-refractivity contribution in [2.24, 2.45) is 5.92 Å². The Morgan fingerprint density at radius 2 is 2.00 bits per heavy atom. The van der Waals surface area contributed by atoms with Gasteiger partial charge in [-0.2, -0.15) is 0 Å². The summed E-state index contributed by atoms with van der Waals surface area (Å²) in [5.41, 5.74) is 1.12. The number of carbonyl (C=O) groups is 2. The summed E-state index contributed by atoms with van der Waals surface area (Å²) in [6.45, 7) is 4.46. The largest absolute Gasteiger partial charge is 0.447 e. The fraction of sp³-hybridized carbons (Fsp3) is 0.579. The Labute approximate surface area is 138 Å². The first-order valence-corrected chi connectivity index (χ1v) is 8.71. The molecule has 0 radical (unpaired) electrons. The van der Waals surface area contributed by atoms with Crippen LogP contribution in [0.5, 0.6) is 0 Å². The Bertz CT molecular complexity index is 515. The van der Waals surface area contributed by atoms with Gasteiger partial charge in [0.15, 0.2) is 0 Å². The fourth-order valence-corrected chi connectivity index (χ4v) is 3.11. The second-order valence-electron chi connectivity index (χ2n) is 6.23. The van der Waals surface area contributed by atoms with Crippen molar-refractivity contribution in [1.29, 1.82) is 0 Å². The van der Waals surface area contributed by atoms with Gasteiger partial charge in [0.1, 0.15) is 6.61 Å². The lowest BCUT2D eigenvalue weighted by molar-refractivity contribution is -0.133. The van der Waals surface area contributed by atoms with E-state index in [2.05, 4.69) is 6.92 Å². The van der Waals surface area contributed by atoms with E-state index in [9.17, 15) is 9.59 Å². The maximum Gasteiger partial charge on any atom is 0.416 e. The van der Waals surface area contributed by atoms with Crippen molar-refractivity contribution < 1.29 is 14.3 Å². The lowest BCUT2D eigenvalue weighted by atomic mass is 9.96. The summed E-state index contributed by atoms with van der Waals surface area (Å²) >= 11 is 0. The summed E-state index contributed by atoms with van der Waals surface area (Å²) in [4.78, 5) is 26.2. The maximum atomic E-state index is 12.8. The predicted octanol–water partition coefficient (Wildman–Crippen LogP) is 4.18. The smallest absolute Gasteiger partial charge is 0.416 e. The van der Waals surface area contributed by atoms with Crippen LogP contribution in [0.25, 0.3) is 0 Å². The number of benzene rings is 1. The van der Waals surface area contributed by atoms with Gasteiger partial charge in [0.05, 0.1) is 6.04 Å². The number of nitrogens with zero attached hydrogens (tertiary/aromatic N) is 1. The number of carbonyl (C=O) groups excluding carboxylic acids is 2. The normalized spacial score (nSPS) is 18.8. The quantitative estimate of drug-likeness (QED) is 0.676. The first-order valence-electron chi connectivity index (χ1n) is 8.71. The van der Waals surface area contributed by atoms with E-state index >= 15 is 0 Å². The van der Waals surface area contributed by atoms with E-state index in [4.69, 9.17) is 4.74 Å². The third-order valence-corrected chi connectivity index (χ3v) is 4.51. The number of rotatable bonds is 8. The summed E-state index contributed by atoms with van der Waals surface area (Å²) in [6.07, 6.45) is 5.09. The van der Waals surface area contributed by atoms with E-state index in [1.165, 1.54) is 4.90 Å². The van der Waals surface area contributed by atoms with Crippen molar-refractivity contribution >= 4 is 12.0 Å². The second-order valence-corrected chi connectivity index (χ2v) is 6.23. The molecule has 0 aliphatic carbocycles. The van der Waals surface area contributed by atoms with Crippen molar-refractivity contribution in [3.05, 3.63) is 35.9 Å². The Kier molecular flexibility index (Phi) is 6.63. The van der Waals surface area contributed by atoms with Crippen molar-refractivity contribution in [3.8, 4) is 0 Å². The van der Waals surface area contributed by atoms with Gasteiger partial charge in [0.2, 0.25) is 5.91 Å². The Morgan fingerprint density at radius 3 is 2.65 bits per heavy atom. The Balaban J connectivity index is 2.04. The topological polar surface area (TPSA) is 46.6 Å². The van der Waals surface area contributed by atoms with Gasteiger partial charge in [-0.25, -0.2) is 9.69 Å². The van der Waals surface area contributed by atoms with Gasteiger partial charge in [0, 0.05) is 5.92 Å². The second kappa shape index (κ2) is 8.70. The molecule has 2 atom stereocenters. The zero-order valence-corrected chi connectivity index (χ0v) is 14.2. The van der Waals surface area contributed by atoms with Gasteiger partial charge in [-0.15, -0.1) is 0 Å². The lowest BCUT2D eigenvalue weighted by Gasteiger charge is -2.24. The summed E-state index contributed by atoms with van der Waals surface area (Å²) < 4.78 is 5.16. The minimum Gasteiger partial charge on any atom is -0.447 e. The molecule has 1 saturated heterocycles. The minimum atomic E-state index is -0.482. The van der Waals surface area contributed by atoms with Crippen LogP contribution in [-0.4, -0.2) is 29.5 Å². The van der Waals surface area contributed by atoms with Crippen LogP contribution >= 0.6 is 0 Å². The van der Waals surface area contributed by atoms with Crippen LogP contribution in [0.15, 0.2) is 30.3 Å². The third kappa shape index (κ3) is 4.57. The predicted molar refractivity (Wildman–Crippen MR) is 90.1 cm³/mol. The highest BCUT2D eigenvalue weighted by Crippen LogP contribution is 2.24. The molecule has 2 unspecified atom stereocenters. The van der Waals surface area contributed by atoms with E-state index in [0.717, 1.165) is 37.7 Å². The van der Waals surface area contributed by atoms with E-state index in [1.807, 2.05) is 37.3 Å². The van der Waals surface area contributed by atoms with Crippen molar-refractivity contribution in [2.75, 3.05) is 6.61 Å². The summed E-state index contributed by atoms with van der Waals surface area (Å²) in [7, 11) is 0. The first-order chi connectivity index (χ1) is 11.2. The number of unbranched alkanes of at least 4 members (excludes halogenated alkanes) is 2. The Hall–Kier alpha value is -1.84. The van der Waals surface area contributed by atoms with Crippen LogP contribution in [0.1, 0.15) is 51.5 Å². The molecule has 1 fully saturated rings. The SMILES string of the molecule is CCCCCC(CC)C(=O)N1C(=O)OCC1Cc1ccccc1. The zero-order chi connectivity index (χ0) is 16.7. The van der Waals surface area contributed by atoms with E-state index in [-0.39, 0.29) is 17.9 Å². The van der Waals surface area contributed by atoms with Gasteiger partial charge in [0.25, 0.3) is 0 Å². The molecule has 0 bridgehead atoms. The molecule has 1 aromatic carbocycles. The molecule has 0 aromatic heterocycles. The van der Waals surface area contributed by atoms with Crippen LogP contribution < -0.4 is 0 Å². The highest BCUT2D eigenvalue weighted by molar-refractivity contribution is 5.94. The summed E-state index contributed by atoms with van der Waals surface area (Å²) in [5, 5.41) is 0. The molecule has 4 nitrogen and oxygen atoms in total. The first kappa shape index (κ1) is 17.5. The van der Waals surface area contributed by atoms with Gasteiger partial charge >= 0.3 is 6.09 Å². The molecule has 126 valence electrons. The molecule has 0 N–H and O–H groups in total. The standard InChI is InChI=1S/C19H27NO3/c1-3-5-7-12-16(4-2)18(21)20-17(14-23-19(20)22)13-15-10-8-6-9-11-15/h6,8-11,16-17H,3-5,7,12-14H2,1-2H3. The Morgan fingerprint density at radius 1 is 1.26 bits per heavy atom. The summed E-state index contributed by atoms with van der Waals surface area (Å²) in [5.74, 6) is -0.141. The molecule has 1 heterocycles. The number of imide groups is 1. The molecule has 2 rings (SSSR count). The fourth-order valence-electron chi connectivity index (χ4n) is 3.11. The molecule has 0 saturated carbocycles. The van der Waals surface area contributed by atoms with Crippen molar-refractivity contribution in [2.45, 2.75) is 58.4 Å². The average molecular weight is 317 g/mol. The summed E-state index contributed by atoms with van der Waals surface area (Å²) in [6, 6.07) is 9.76. The van der Waals surface area contributed by atoms with Gasteiger partial charge in [-0.1, -0.05) is 63.4 Å². The molecule has 2 amide bonds.